The Morgan fingerprint density at radius 2 is 2.18 bits per heavy atom. The molecule has 0 radical (unpaired) electrons. The summed E-state index contributed by atoms with van der Waals surface area (Å²) in [6.45, 7) is 3.57. The van der Waals surface area contributed by atoms with Gasteiger partial charge in [0.1, 0.15) is 6.29 Å². The molecule has 1 aliphatic heterocycles. The highest BCUT2D eigenvalue weighted by atomic mass is 32.2. The fourth-order valence-electron chi connectivity index (χ4n) is 1.30. The van der Waals surface area contributed by atoms with Crippen molar-refractivity contribution >= 4 is 18.0 Å². The first kappa shape index (κ1) is 9.07. The summed E-state index contributed by atoms with van der Waals surface area (Å²) < 4.78 is 5.08. The van der Waals surface area contributed by atoms with Crippen molar-refractivity contribution in [2.75, 3.05) is 19.0 Å². The molecule has 11 heavy (non-hydrogen) atoms. The zero-order valence-corrected chi connectivity index (χ0v) is 7.65. The molecule has 1 heterocycles. The SMILES string of the molecule is CCSC1(C=O)CCOCC1. The summed E-state index contributed by atoms with van der Waals surface area (Å²) in [5, 5.41) is 0. The molecule has 0 bridgehead atoms. The van der Waals surface area contributed by atoms with Crippen molar-refractivity contribution in [3.05, 3.63) is 0 Å². The summed E-state index contributed by atoms with van der Waals surface area (Å²) >= 11 is 1.75. The van der Waals surface area contributed by atoms with Crippen molar-refractivity contribution in [1.29, 1.82) is 0 Å². The number of carbonyl (C=O) groups is 1. The summed E-state index contributed by atoms with van der Waals surface area (Å²) in [6.07, 6.45) is 2.87. The van der Waals surface area contributed by atoms with Crippen LogP contribution in [-0.2, 0) is 9.53 Å². The van der Waals surface area contributed by atoms with Gasteiger partial charge in [0.2, 0.25) is 0 Å². The second-order valence-electron chi connectivity index (χ2n) is 2.73. The topological polar surface area (TPSA) is 26.3 Å². The summed E-state index contributed by atoms with van der Waals surface area (Å²) in [5.41, 5.74) is 0. The van der Waals surface area contributed by atoms with Gasteiger partial charge in [-0.15, -0.1) is 11.8 Å². The molecule has 0 N–H and O–H groups in total. The fourth-order valence-corrected chi connectivity index (χ4v) is 2.40. The first-order chi connectivity index (χ1) is 5.33. The molecule has 1 saturated heterocycles. The Morgan fingerprint density at radius 1 is 1.55 bits per heavy atom. The van der Waals surface area contributed by atoms with Gasteiger partial charge in [-0.3, -0.25) is 0 Å². The monoisotopic (exact) mass is 174 g/mol. The molecule has 0 amide bonds. The molecule has 0 aromatic carbocycles. The molecule has 0 unspecified atom stereocenters. The van der Waals surface area contributed by atoms with E-state index in [4.69, 9.17) is 4.74 Å². The first-order valence-corrected chi connectivity index (χ1v) is 4.99. The normalized spacial score (nSPS) is 23.0. The number of hydrogen-bond donors (Lipinski definition) is 0. The minimum absolute atomic E-state index is 0.118. The van der Waals surface area contributed by atoms with Crippen LogP contribution in [0.2, 0.25) is 0 Å². The van der Waals surface area contributed by atoms with Crippen LogP contribution in [0.15, 0.2) is 0 Å². The van der Waals surface area contributed by atoms with E-state index in [-0.39, 0.29) is 4.75 Å². The maximum absolute atomic E-state index is 10.8. The van der Waals surface area contributed by atoms with Gasteiger partial charge >= 0.3 is 0 Å². The smallest absolute Gasteiger partial charge is 0.136 e. The maximum atomic E-state index is 10.8. The van der Waals surface area contributed by atoms with E-state index in [0.29, 0.717) is 0 Å². The Bertz CT molecular complexity index is 125. The zero-order valence-electron chi connectivity index (χ0n) is 6.84. The van der Waals surface area contributed by atoms with Crippen LogP contribution in [0.1, 0.15) is 19.8 Å². The number of ether oxygens (including phenoxy) is 1. The molecule has 1 fully saturated rings. The number of rotatable bonds is 3. The minimum Gasteiger partial charge on any atom is -0.381 e. The molecule has 3 heteroatoms. The largest absolute Gasteiger partial charge is 0.381 e. The molecule has 0 atom stereocenters. The third-order valence-electron chi connectivity index (χ3n) is 1.99. The highest BCUT2D eigenvalue weighted by molar-refractivity contribution is 8.01. The highest BCUT2D eigenvalue weighted by Gasteiger charge is 2.31. The summed E-state index contributed by atoms with van der Waals surface area (Å²) in [6, 6.07) is 0. The molecule has 0 aliphatic carbocycles. The lowest BCUT2D eigenvalue weighted by Gasteiger charge is -2.30. The van der Waals surface area contributed by atoms with Gasteiger partial charge in [0.15, 0.2) is 0 Å². The van der Waals surface area contributed by atoms with Crippen molar-refractivity contribution in [1.82, 2.24) is 0 Å². The standard InChI is InChI=1S/C8H14O2S/c1-2-11-8(7-9)3-5-10-6-4-8/h7H,2-6H2,1H3. The van der Waals surface area contributed by atoms with Crippen molar-refractivity contribution in [3.8, 4) is 0 Å². The predicted octanol–water partition coefficient (Wildman–Crippen LogP) is 1.49. The van der Waals surface area contributed by atoms with Crippen LogP contribution in [0.3, 0.4) is 0 Å². The molecule has 1 aliphatic rings. The van der Waals surface area contributed by atoms with Gasteiger partial charge < -0.3 is 9.53 Å². The lowest BCUT2D eigenvalue weighted by atomic mass is 10.0. The summed E-state index contributed by atoms with van der Waals surface area (Å²) in [4.78, 5) is 10.8. The van der Waals surface area contributed by atoms with Crippen LogP contribution in [0.4, 0.5) is 0 Å². The Kier molecular flexibility index (Phi) is 3.40. The second-order valence-corrected chi connectivity index (χ2v) is 4.41. The fraction of sp³-hybridized carbons (Fsp3) is 0.875. The molecule has 2 nitrogen and oxygen atoms in total. The van der Waals surface area contributed by atoms with E-state index in [9.17, 15) is 4.79 Å². The highest BCUT2D eigenvalue weighted by Crippen LogP contribution is 2.32. The van der Waals surface area contributed by atoms with Gasteiger partial charge in [0.25, 0.3) is 0 Å². The first-order valence-electron chi connectivity index (χ1n) is 4.01. The molecule has 0 saturated carbocycles. The third-order valence-corrected chi connectivity index (χ3v) is 3.35. The van der Waals surface area contributed by atoms with Gasteiger partial charge in [-0.05, 0) is 18.6 Å². The van der Waals surface area contributed by atoms with Gasteiger partial charge in [0.05, 0.1) is 4.75 Å². The predicted molar refractivity (Wildman–Crippen MR) is 47.0 cm³/mol. The van der Waals surface area contributed by atoms with Gasteiger partial charge in [-0.2, -0.15) is 0 Å². The van der Waals surface area contributed by atoms with Crippen molar-refractivity contribution in [2.24, 2.45) is 0 Å². The molecule has 0 aromatic rings. The van der Waals surface area contributed by atoms with Crippen LogP contribution < -0.4 is 0 Å². The molecule has 1 rings (SSSR count). The lowest BCUT2D eigenvalue weighted by molar-refractivity contribution is -0.111. The number of thioether (sulfide) groups is 1. The van der Waals surface area contributed by atoms with E-state index in [0.717, 1.165) is 38.1 Å². The van der Waals surface area contributed by atoms with Crippen molar-refractivity contribution < 1.29 is 9.53 Å². The van der Waals surface area contributed by atoms with Crippen LogP contribution in [0.25, 0.3) is 0 Å². The van der Waals surface area contributed by atoms with E-state index in [1.807, 2.05) is 0 Å². The van der Waals surface area contributed by atoms with Crippen molar-refractivity contribution in [2.45, 2.75) is 24.5 Å². The molecule has 0 spiro atoms. The molecular formula is C8H14O2S. The number of hydrogen-bond acceptors (Lipinski definition) is 3. The van der Waals surface area contributed by atoms with Gasteiger partial charge in [0, 0.05) is 13.2 Å². The van der Waals surface area contributed by atoms with Crippen LogP contribution >= 0.6 is 11.8 Å². The average Bonchev–Trinajstić information content (AvgIpc) is 2.07. The van der Waals surface area contributed by atoms with Gasteiger partial charge in [-0.25, -0.2) is 0 Å². The third kappa shape index (κ3) is 2.20. The molecule has 0 aromatic heterocycles. The van der Waals surface area contributed by atoms with Gasteiger partial charge in [-0.1, -0.05) is 6.92 Å². The Hall–Kier alpha value is -0.0200. The van der Waals surface area contributed by atoms with E-state index in [1.165, 1.54) is 0 Å². The minimum atomic E-state index is -0.118. The Morgan fingerprint density at radius 3 is 2.64 bits per heavy atom. The molecule has 64 valence electrons. The van der Waals surface area contributed by atoms with Crippen LogP contribution in [0.5, 0.6) is 0 Å². The van der Waals surface area contributed by atoms with Crippen LogP contribution in [-0.4, -0.2) is 30.0 Å². The second kappa shape index (κ2) is 4.12. The number of carbonyl (C=O) groups excluding carboxylic acids is 1. The van der Waals surface area contributed by atoms with E-state index >= 15 is 0 Å². The number of aldehydes is 1. The zero-order chi connectivity index (χ0) is 8.16. The lowest BCUT2D eigenvalue weighted by Crippen LogP contribution is -2.34. The average molecular weight is 174 g/mol. The Labute approximate surface area is 71.7 Å². The summed E-state index contributed by atoms with van der Waals surface area (Å²) in [7, 11) is 0. The van der Waals surface area contributed by atoms with Crippen LogP contribution in [0, 0.1) is 0 Å². The Balaban J connectivity index is 2.49. The molecular weight excluding hydrogens is 160 g/mol. The van der Waals surface area contributed by atoms with E-state index in [2.05, 4.69) is 6.92 Å². The van der Waals surface area contributed by atoms with Crippen molar-refractivity contribution in [3.63, 3.8) is 0 Å². The van der Waals surface area contributed by atoms with E-state index in [1.54, 1.807) is 11.8 Å². The summed E-state index contributed by atoms with van der Waals surface area (Å²) in [5.74, 6) is 1.01. The quantitative estimate of drug-likeness (QED) is 0.606. The maximum Gasteiger partial charge on any atom is 0.136 e. The van der Waals surface area contributed by atoms with E-state index < -0.39 is 0 Å².